The highest BCUT2D eigenvalue weighted by Gasteiger charge is 2.20. The van der Waals surface area contributed by atoms with Gasteiger partial charge in [-0.3, -0.25) is 4.99 Å². The van der Waals surface area contributed by atoms with Gasteiger partial charge in [-0.15, -0.1) is 35.3 Å². The lowest BCUT2D eigenvalue weighted by Gasteiger charge is -2.22. The van der Waals surface area contributed by atoms with Gasteiger partial charge in [0.2, 0.25) is 0 Å². The minimum absolute atomic E-state index is 0. The second-order valence-corrected chi connectivity index (χ2v) is 7.88. The normalized spacial score (nSPS) is 15.9. The van der Waals surface area contributed by atoms with Crippen LogP contribution in [-0.4, -0.2) is 62.5 Å². The van der Waals surface area contributed by atoms with Gasteiger partial charge in [-0.2, -0.15) is 0 Å². The number of guanidine groups is 1. The monoisotopic (exact) mass is 554 g/mol. The molecule has 10 heteroatoms. The third kappa shape index (κ3) is 9.03. The Labute approximate surface area is 200 Å². The molecule has 0 bridgehead atoms. The van der Waals surface area contributed by atoms with Crippen molar-refractivity contribution in [3.63, 3.8) is 0 Å². The lowest BCUT2D eigenvalue weighted by molar-refractivity contribution is -0.0318. The number of carbonyl (C=O) groups is 1. The Balaban J connectivity index is 0.00000450. The van der Waals surface area contributed by atoms with Gasteiger partial charge in [0.05, 0.1) is 24.4 Å². The average molecular weight is 554 g/mol. The second-order valence-electron chi connectivity index (χ2n) is 6.85. The summed E-state index contributed by atoms with van der Waals surface area (Å²) in [7, 11) is 0. The van der Waals surface area contributed by atoms with Gasteiger partial charge in [-0.25, -0.2) is 9.78 Å². The maximum Gasteiger partial charge on any atom is 0.350 e. The largest absolute Gasteiger partial charge is 0.462 e. The molecule has 0 radical (unpaired) electrons. The first-order chi connectivity index (χ1) is 14.0. The summed E-state index contributed by atoms with van der Waals surface area (Å²) in [5.41, 5.74) is 0.698. The number of nitrogens with zero attached hydrogens (tertiary/aromatic N) is 2. The summed E-state index contributed by atoms with van der Waals surface area (Å²) >= 11 is 1.36. The highest BCUT2D eigenvalue weighted by Crippen LogP contribution is 2.24. The van der Waals surface area contributed by atoms with Crippen molar-refractivity contribution < 1.29 is 19.0 Å². The number of rotatable bonds is 10. The number of aliphatic imine (C=N–C) groups is 1. The van der Waals surface area contributed by atoms with Crippen molar-refractivity contribution in [2.75, 3.05) is 39.5 Å². The van der Waals surface area contributed by atoms with Gasteiger partial charge in [-0.1, -0.05) is 0 Å². The van der Waals surface area contributed by atoms with Gasteiger partial charge < -0.3 is 24.8 Å². The Hall–Kier alpha value is -0.980. The predicted molar refractivity (Wildman–Crippen MR) is 130 cm³/mol. The highest BCUT2D eigenvalue weighted by atomic mass is 127. The number of esters is 1. The van der Waals surface area contributed by atoms with Crippen LogP contribution in [0.1, 0.15) is 66.4 Å². The van der Waals surface area contributed by atoms with E-state index in [0.717, 1.165) is 50.0 Å². The highest BCUT2D eigenvalue weighted by molar-refractivity contribution is 14.0. The molecular formula is C20H35IN4O4S. The number of aryl methyl sites for hydroxylation is 1. The summed E-state index contributed by atoms with van der Waals surface area (Å²) in [4.78, 5) is 21.7. The molecule has 1 aliphatic rings. The molecule has 0 amide bonds. The Morgan fingerprint density at radius 3 is 2.77 bits per heavy atom. The van der Waals surface area contributed by atoms with E-state index in [1.54, 1.807) is 6.92 Å². The molecule has 8 nitrogen and oxygen atoms in total. The van der Waals surface area contributed by atoms with E-state index in [-0.39, 0.29) is 36.0 Å². The maximum absolute atomic E-state index is 12.0. The van der Waals surface area contributed by atoms with Crippen molar-refractivity contribution in [1.82, 2.24) is 15.6 Å². The molecule has 0 aliphatic carbocycles. The Morgan fingerprint density at radius 2 is 2.10 bits per heavy atom. The quantitative estimate of drug-likeness (QED) is 0.151. The van der Waals surface area contributed by atoms with Crippen LogP contribution in [-0.2, 0) is 14.2 Å². The predicted octanol–water partition coefficient (Wildman–Crippen LogP) is 3.45. The molecule has 1 saturated heterocycles. The molecule has 30 heavy (non-hydrogen) atoms. The zero-order valence-corrected chi connectivity index (χ0v) is 21.5. The van der Waals surface area contributed by atoms with Crippen LogP contribution in [0.15, 0.2) is 4.99 Å². The molecule has 1 atom stereocenters. The summed E-state index contributed by atoms with van der Waals surface area (Å²) in [6.45, 7) is 11.8. The first-order valence-electron chi connectivity index (χ1n) is 10.4. The molecule has 1 unspecified atom stereocenters. The molecule has 0 spiro atoms. The van der Waals surface area contributed by atoms with Crippen molar-refractivity contribution in [2.45, 2.75) is 59.1 Å². The van der Waals surface area contributed by atoms with Gasteiger partial charge in [0.1, 0.15) is 9.88 Å². The molecule has 0 aromatic carbocycles. The second kappa shape index (κ2) is 14.9. The van der Waals surface area contributed by atoms with E-state index >= 15 is 0 Å². The van der Waals surface area contributed by atoms with Crippen molar-refractivity contribution in [3.05, 3.63) is 15.6 Å². The number of nitrogens with one attached hydrogen (secondary N) is 2. The van der Waals surface area contributed by atoms with Crippen molar-refractivity contribution in [1.29, 1.82) is 0 Å². The molecule has 1 aliphatic heterocycles. The van der Waals surface area contributed by atoms with Crippen LogP contribution in [0.5, 0.6) is 0 Å². The Kier molecular flexibility index (Phi) is 13.5. The third-order valence-corrected chi connectivity index (χ3v) is 5.76. The number of thiazole rings is 1. The van der Waals surface area contributed by atoms with Gasteiger partial charge >= 0.3 is 5.97 Å². The first-order valence-corrected chi connectivity index (χ1v) is 11.2. The third-order valence-electron chi connectivity index (χ3n) is 4.44. The van der Waals surface area contributed by atoms with Gasteiger partial charge in [0.15, 0.2) is 5.96 Å². The fourth-order valence-corrected chi connectivity index (χ4v) is 3.89. The maximum atomic E-state index is 12.0. The molecular weight excluding hydrogens is 519 g/mol. The van der Waals surface area contributed by atoms with E-state index in [0.29, 0.717) is 36.4 Å². The van der Waals surface area contributed by atoms with Crippen LogP contribution in [0.4, 0.5) is 0 Å². The Bertz CT molecular complexity index is 665. The summed E-state index contributed by atoms with van der Waals surface area (Å²) in [6.07, 6.45) is 3.14. The van der Waals surface area contributed by atoms with Crippen molar-refractivity contribution >= 4 is 47.2 Å². The fraction of sp³-hybridized carbons (Fsp3) is 0.750. The first kappa shape index (κ1) is 27.1. The van der Waals surface area contributed by atoms with Crippen LogP contribution in [0.25, 0.3) is 0 Å². The van der Waals surface area contributed by atoms with Gasteiger partial charge in [0.25, 0.3) is 0 Å². The molecule has 0 saturated carbocycles. The van der Waals surface area contributed by atoms with Crippen LogP contribution in [0.3, 0.4) is 0 Å². The van der Waals surface area contributed by atoms with Crippen LogP contribution >= 0.6 is 35.3 Å². The van der Waals surface area contributed by atoms with Crippen LogP contribution in [0, 0.1) is 6.92 Å². The van der Waals surface area contributed by atoms with Gasteiger partial charge in [0, 0.05) is 32.9 Å². The van der Waals surface area contributed by atoms with Crippen molar-refractivity contribution in [2.24, 2.45) is 4.99 Å². The molecule has 2 N–H and O–H groups in total. The number of aromatic nitrogens is 1. The number of ether oxygens (including phenoxy) is 3. The lowest BCUT2D eigenvalue weighted by atomic mass is 10.1. The number of carbonyl (C=O) groups excluding carboxylic acids is 1. The van der Waals surface area contributed by atoms with Crippen LogP contribution < -0.4 is 10.6 Å². The minimum Gasteiger partial charge on any atom is -0.462 e. The van der Waals surface area contributed by atoms with E-state index < -0.39 is 0 Å². The summed E-state index contributed by atoms with van der Waals surface area (Å²) in [5.74, 6) is 0.419. The topological polar surface area (TPSA) is 94.1 Å². The standard InChI is InChI=1S/C20H34N4O4S.HI/c1-5-21-20(22-10-7-11-28-16-8-12-26-13-9-16)24-15(4)18-23-14(3)17(29-18)19(25)27-6-2;/h15-16H,5-13H2,1-4H3,(H2,21,22,24);1H. The van der Waals surface area contributed by atoms with E-state index in [2.05, 4.69) is 20.6 Å². The van der Waals surface area contributed by atoms with Crippen LogP contribution in [0.2, 0.25) is 0 Å². The van der Waals surface area contributed by atoms with E-state index in [4.69, 9.17) is 14.2 Å². The molecule has 2 heterocycles. The smallest absolute Gasteiger partial charge is 0.350 e. The minimum atomic E-state index is -0.314. The molecule has 1 fully saturated rings. The molecule has 2 rings (SSSR count). The zero-order valence-electron chi connectivity index (χ0n) is 18.4. The zero-order chi connectivity index (χ0) is 21.1. The molecule has 1 aromatic rings. The summed E-state index contributed by atoms with van der Waals surface area (Å²) in [5, 5.41) is 7.45. The average Bonchev–Trinajstić information content (AvgIpc) is 3.11. The lowest BCUT2D eigenvalue weighted by Crippen LogP contribution is -2.38. The van der Waals surface area contributed by atoms with E-state index in [1.165, 1.54) is 11.3 Å². The number of hydrogen-bond donors (Lipinski definition) is 2. The Morgan fingerprint density at radius 1 is 1.37 bits per heavy atom. The summed E-state index contributed by atoms with van der Waals surface area (Å²) in [6, 6.07) is -0.0711. The fourth-order valence-electron chi connectivity index (χ4n) is 2.92. The molecule has 172 valence electrons. The van der Waals surface area contributed by atoms with Crippen molar-refractivity contribution in [3.8, 4) is 0 Å². The number of halogens is 1. The molecule has 1 aromatic heterocycles. The number of hydrogen-bond acceptors (Lipinski definition) is 7. The summed E-state index contributed by atoms with van der Waals surface area (Å²) < 4.78 is 16.3. The SMILES string of the molecule is CCNC(=NCCCOC1CCOCC1)NC(C)c1nc(C)c(C(=O)OCC)s1.I. The van der Waals surface area contributed by atoms with E-state index in [1.807, 2.05) is 20.8 Å². The van der Waals surface area contributed by atoms with E-state index in [9.17, 15) is 4.79 Å². The van der Waals surface area contributed by atoms with Gasteiger partial charge in [-0.05, 0) is 47.0 Å².